The van der Waals surface area contributed by atoms with E-state index < -0.39 is 11.7 Å². The van der Waals surface area contributed by atoms with Crippen molar-refractivity contribution in [1.29, 1.82) is 0 Å². The molecule has 0 bridgehead atoms. The molecule has 2 amide bonds. The number of para-hydroxylation sites is 1. The van der Waals surface area contributed by atoms with Crippen molar-refractivity contribution in [1.82, 2.24) is 10.2 Å². The average molecular weight is 397 g/mol. The van der Waals surface area contributed by atoms with Gasteiger partial charge in [0.1, 0.15) is 11.4 Å². The van der Waals surface area contributed by atoms with Crippen molar-refractivity contribution >= 4 is 23.6 Å². The van der Waals surface area contributed by atoms with Crippen molar-refractivity contribution in [2.75, 3.05) is 6.54 Å². The summed E-state index contributed by atoms with van der Waals surface area (Å²) >= 11 is 6.07. The minimum absolute atomic E-state index is 0.0107. The molecule has 1 aliphatic rings. The lowest BCUT2D eigenvalue weighted by molar-refractivity contribution is -0.128. The molecule has 7 heteroatoms. The molecular weight excluding hydrogens is 368 g/mol. The molecule has 1 saturated heterocycles. The topological polar surface area (TPSA) is 67.9 Å². The number of benzene rings is 1. The fraction of sp³-hybridized carbons (Fsp3) is 0.600. The molecule has 27 heavy (non-hydrogen) atoms. The molecule has 1 fully saturated rings. The molecule has 2 rings (SSSR count). The second kappa shape index (κ2) is 8.83. The van der Waals surface area contributed by atoms with Crippen LogP contribution in [0.1, 0.15) is 47.5 Å². The van der Waals surface area contributed by atoms with Gasteiger partial charge in [-0.15, -0.1) is 0 Å². The number of ether oxygens (including phenoxy) is 2. The first-order valence-corrected chi connectivity index (χ1v) is 9.66. The second-order valence-electron chi connectivity index (χ2n) is 7.94. The van der Waals surface area contributed by atoms with Gasteiger partial charge in [-0.3, -0.25) is 4.79 Å². The minimum Gasteiger partial charge on any atom is -0.479 e. The normalized spacial score (nSPS) is 21.3. The first kappa shape index (κ1) is 21.4. The van der Waals surface area contributed by atoms with Crippen molar-refractivity contribution < 1.29 is 19.1 Å². The second-order valence-corrected chi connectivity index (χ2v) is 8.35. The van der Waals surface area contributed by atoms with Crippen LogP contribution in [0.25, 0.3) is 0 Å². The van der Waals surface area contributed by atoms with Crippen molar-refractivity contribution in [3.05, 3.63) is 29.3 Å². The number of likely N-dealkylation sites (tertiary alicyclic amines) is 1. The van der Waals surface area contributed by atoms with E-state index in [2.05, 4.69) is 5.32 Å². The highest BCUT2D eigenvalue weighted by Gasteiger charge is 2.33. The maximum Gasteiger partial charge on any atom is 0.410 e. The van der Waals surface area contributed by atoms with Gasteiger partial charge in [-0.2, -0.15) is 0 Å². The number of hydrogen-bond acceptors (Lipinski definition) is 4. The van der Waals surface area contributed by atoms with Gasteiger partial charge >= 0.3 is 6.09 Å². The predicted octanol–water partition coefficient (Wildman–Crippen LogP) is 4.01. The van der Waals surface area contributed by atoms with Crippen molar-refractivity contribution in [3.63, 3.8) is 0 Å². The summed E-state index contributed by atoms with van der Waals surface area (Å²) in [6.07, 6.45) is 0.372. The van der Waals surface area contributed by atoms with Crippen molar-refractivity contribution in [2.45, 2.75) is 71.2 Å². The molecule has 1 aromatic carbocycles. The molecule has 0 aliphatic carbocycles. The highest BCUT2D eigenvalue weighted by molar-refractivity contribution is 6.32. The summed E-state index contributed by atoms with van der Waals surface area (Å²) in [5.41, 5.74) is -0.520. The molecule has 0 radical (unpaired) electrons. The van der Waals surface area contributed by atoms with Gasteiger partial charge < -0.3 is 19.7 Å². The van der Waals surface area contributed by atoms with Crippen LogP contribution in [0.4, 0.5) is 4.79 Å². The molecule has 1 heterocycles. The first-order valence-electron chi connectivity index (χ1n) is 9.28. The number of hydrogen-bond donors (Lipinski definition) is 1. The third-order valence-corrected chi connectivity index (χ3v) is 4.67. The Bertz CT molecular complexity index is 674. The Hall–Kier alpha value is -1.95. The fourth-order valence-corrected chi connectivity index (χ4v) is 3.18. The molecule has 1 aromatic rings. The fourth-order valence-electron chi connectivity index (χ4n) is 3.00. The number of nitrogens with one attached hydrogen (secondary N) is 1. The summed E-state index contributed by atoms with van der Waals surface area (Å²) in [5, 5.41) is 3.48. The monoisotopic (exact) mass is 396 g/mol. The Kier molecular flexibility index (Phi) is 6.98. The van der Waals surface area contributed by atoms with Crippen LogP contribution in [-0.2, 0) is 9.53 Å². The number of piperidine rings is 1. The van der Waals surface area contributed by atoms with Gasteiger partial charge in [0.2, 0.25) is 0 Å². The highest BCUT2D eigenvalue weighted by atomic mass is 35.5. The van der Waals surface area contributed by atoms with Gasteiger partial charge in [-0.05, 0) is 59.6 Å². The smallest absolute Gasteiger partial charge is 0.410 e. The van der Waals surface area contributed by atoms with E-state index >= 15 is 0 Å². The molecular formula is C20H29ClN2O4. The minimum atomic E-state index is -0.663. The van der Waals surface area contributed by atoms with Crippen LogP contribution in [0.15, 0.2) is 24.3 Å². The molecule has 1 aliphatic heterocycles. The number of carbonyl (C=O) groups excluding carboxylic acids is 2. The van der Waals surface area contributed by atoms with E-state index in [4.69, 9.17) is 21.1 Å². The Morgan fingerprint density at radius 3 is 2.56 bits per heavy atom. The van der Waals surface area contributed by atoms with Crippen LogP contribution >= 0.6 is 11.6 Å². The number of amides is 2. The lowest BCUT2D eigenvalue weighted by atomic mass is 9.98. The molecule has 150 valence electrons. The van der Waals surface area contributed by atoms with Crippen LogP contribution in [0, 0.1) is 0 Å². The zero-order valence-electron chi connectivity index (χ0n) is 16.6. The Labute approximate surface area is 166 Å². The first-order chi connectivity index (χ1) is 12.6. The third-order valence-electron chi connectivity index (χ3n) is 4.36. The maximum absolute atomic E-state index is 12.5. The lowest BCUT2D eigenvalue weighted by Gasteiger charge is -2.38. The van der Waals surface area contributed by atoms with E-state index in [0.29, 0.717) is 30.2 Å². The molecule has 1 N–H and O–H groups in total. The van der Waals surface area contributed by atoms with E-state index in [1.54, 1.807) is 36.1 Å². The quantitative estimate of drug-likeness (QED) is 0.834. The summed E-state index contributed by atoms with van der Waals surface area (Å²) in [6.45, 7) is 9.75. The Morgan fingerprint density at radius 1 is 1.30 bits per heavy atom. The zero-order chi connectivity index (χ0) is 20.2. The predicted molar refractivity (Wildman–Crippen MR) is 105 cm³/mol. The van der Waals surface area contributed by atoms with Gasteiger partial charge in [0.15, 0.2) is 6.10 Å². The SMILES string of the molecule is CC(Oc1ccccc1Cl)C(=O)N[C@@H]1CCN(C(=O)OC(C)(C)C)[C@H](C)C1. The Balaban J connectivity index is 1.85. The van der Waals surface area contributed by atoms with E-state index in [0.717, 1.165) is 0 Å². The molecule has 0 saturated carbocycles. The molecule has 6 nitrogen and oxygen atoms in total. The van der Waals surface area contributed by atoms with E-state index in [1.165, 1.54) is 0 Å². The maximum atomic E-state index is 12.5. The Morgan fingerprint density at radius 2 is 1.96 bits per heavy atom. The van der Waals surface area contributed by atoms with Gasteiger partial charge in [-0.25, -0.2) is 4.79 Å². The molecule has 1 unspecified atom stereocenters. The van der Waals surface area contributed by atoms with E-state index in [1.807, 2.05) is 27.7 Å². The number of rotatable bonds is 4. The standard InChI is InChI=1S/C20H29ClN2O4/c1-13-12-15(10-11-23(13)19(25)27-20(3,4)5)22-18(24)14(2)26-17-9-7-6-8-16(17)21/h6-9,13-15H,10-12H2,1-5H3,(H,22,24)/t13-,14?,15-/m1/s1. The van der Waals surface area contributed by atoms with Crippen LogP contribution in [0.5, 0.6) is 5.75 Å². The van der Waals surface area contributed by atoms with Crippen molar-refractivity contribution in [3.8, 4) is 5.75 Å². The third kappa shape index (κ3) is 6.31. The van der Waals surface area contributed by atoms with E-state index in [9.17, 15) is 9.59 Å². The van der Waals surface area contributed by atoms with Crippen molar-refractivity contribution in [2.24, 2.45) is 0 Å². The number of carbonyl (C=O) groups is 2. The summed E-state index contributed by atoms with van der Waals surface area (Å²) in [5.74, 6) is 0.285. The molecule has 0 spiro atoms. The number of halogens is 1. The van der Waals surface area contributed by atoms with Crippen LogP contribution < -0.4 is 10.1 Å². The largest absolute Gasteiger partial charge is 0.479 e. The van der Waals surface area contributed by atoms with Crippen LogP contribution in [0.3, 0.4) is 0 Å². The number of nitrogens with zero attached hydrogens (tertiary/aromatic N) is 1. The molecule has 3 atom stereocenters. The van der Waals surface area contributed by atoms with Gasteiger partial charge in [0.05, 0.1) is 5.02 Å². The van der Waals surface area contributed by atoms with Gasteiger partial charge in [-0.1, -0.05) is 23.7 Å². The summed E-state index contributed by atoms with van der Waals surface area (Å²) < 4.78 is 11.1. The summed E-state index contributed by atoms with van der Waals surface area (Å²) in [4.78, 5) is 26.5. The average Bonchev–Trinajstić information content (AvgIpc) is 2.55. The van der Waals surface area contributed by atoms with Crippen LogP contribution in [0.2, 0.25) is 5.02 Å². The molecule has 0 aromatic heterocycles. The summed E-state index contributed by atoms with van der Waals surface area (Å²) in [6, 6.07) is 7.03. The summed E-state index contributed by atoms with van der Waals surface area (Å²) in [7, 11) is 0. The van der Waals surface area contributed by atoms with Crippen LogP contribution in [-0.4, -0.2) is 47.2 Å². The zero-order valence-corrected chi connectivity index (χ0v) is 17.4. The highest BCUT2D eigenvalue weighted by Crippen LogP contribution is 2.25. The van der Waals surface area contributed by atoms with Gasteiger partial charge in [0.25, 0.3) is 5.91 Å². The van der Waals surface area contributed by atoms with E-state index in [-0.39, 0.29) is 24.1 Å². The lowest BCUT2D eigenvalue weighted by Crippen LogP contribution is -2.53. The van der Waals surface area contributed by atoms with Gasteiger partial charge in [0, 0.05) is 18.6 Å².